The van der Waals surface area contributed by atoms with E-state index in [9.17, 15) is 9.90 Å². The van der Waals surface area contributed by atoms with Gasteiger partial charge < -0.3 is 9.67 Å². The van der Waals surface area contributed by atoms with Gasteiger partial charge in [0.25, 0.3) is 0 Å². The van der Waals surface area contributed by atoms with Gasteiger partial charge in [-0.15, -0.1) is 0 Å². The van der Waals surface area contributed by atoms with Crippen molar-refractivity contribution in [2.24, 2.45) is 0 Å². The molecule has 6 heteroatoms. The van der Waals surface area contributed by atoms with Gasteiger partial charge in [0.15, 0.2) is 5.43 Å². The minimum atomic E-state index is -1.19. The van der Waals surface area contributed by atoms with Gasteiger partial charge >= 0.3 is 0 Å². The minimum Gasteiger partial charge on any atom is -0.383 e. The molecule has 1 aromatic heterocycles. The summed E-state index contributed by atoms with van der Waals surface area (Å²) in [5, 5.41) is 11.3. The van der Waals surface area contributed by atoms with E-state index in [1.54, 1.807) is 30.6 Å². The Balaban J connectivity index is 2.00. The standard InChI is InChI=1S/C19H14BrCl2NO2/c20-14-5-2-1-4-12(14)10-23-9-8-17(24)13(11-23)19(25)18-15(21)6-3-7-16(18)22/h1-9,11,19,25H,10H2. The van der Waals surface area contributed by atoms with Crippen molar-refractivity contribution in [1.82, 2.24) is 4.57 Å². The number of rotatable bonds is 4. The number of aromatic nitrogens is 1. The Morgan fingerprint density at radius 1 is 1.04 bits per heavy atom. The summed E-state index contributed by atoms with van der Waals surface area (Å²) in [5.74, 6) is 0. The maximum Gasteiger partial charge on any atom is 0.187 e. The Bertz CT molecular complexity index is 951. The van der Waals surface area contributed by atoms with Crippen LogP contribution in [0, 0.1) is 0 Å². The first-order valence-corrected chi connectivity index (χ1v) is 9.07. The predicted octanol–water partition coefficient (Wildman–Crippen LogP) is 5.05. The average molecular weight is 439 g/mol. The van der Waals surface area contributed by atoms with E-state index in [1.807, 2.05) is 28.8 Å². The van der Waals surface area contributed by atoms with Gasteiger partial charge in [-0.25, -0.2) is 0 Å². The number of hydrogen-bond acceptors (Lipinski definition) is 2. The molecule has 3 rings (SSSR count). The van der Waals surface area contributed by atoms with E-state index in [2.05, 4.69) is 15.9 Å². The molecule has 1 N–H and O–H groups in total. The van der Waals surface area contributed by atoms with Gasteiger partial charge in [-0.2, -0.15) is 0 Å². The summed E-state index contributed by atoms with van der Waals surface area (Å²) in [5.41, 5.74) is 1.35. The zero-order valence-corrected chi connectivity index (χ0v) is 16.1. The average Bonchev–Trinajstić information content (AvgIpc) is 2.58. The maximum absolute atomic E-state index is 12.3. The van der Waals surface area contributed by atoms with E-state index < -0.39 is 6.10 Å². The second-order valence-electron chi connectivity index (χ2n) is 5.57. The first-order valence-electron chi connectivity index (χ1n) is 7.52. The molecule has 1 heterocycles. The molecule has 1 atom stereocenters. The van der Waals surface area contributed by atoms with Crippen LogP contribution in [0.1, 0.15) is 22.8 Å². The van der Waals surface area contributed by atoms with E-state index in [0.29, 0.717) is 22.2 Å². The van der Waals surface area contributed by atoms with Crippen molar-refractivity contribution in [1.29, 1.82) is 0 Å². The Kier molecular flexibility index (Phi) is 5.64. The molecule has 0 fully saturated rings. The number of aliphatic hydroxyl groups is 1. The lowest BCUT2D eigenvalue weighted by Crippen LogP contribution is -2.17. The molecule has 0 bridgehead atoms. The molecule has 3 nitrogen and oxygen atoms in total. The smallest absolute Gasteiger partial charge is 0.187 e. The zero-order valence-electron chi connectivity index (χ0n) is 13.0. The van der Waals surface area contributed by atoms with Crippen LogP contribution in [0.4, 0.5) is 0 Å². The monoisotopic (exact) mass is 437 g/mol. The quantitative estimate of drug-likeness (QED) is 0.619. The molecule has 0 spiro atoms. The van der Waals surface area contributed by atoms with Crippen molar-refractivity contribution < 1.29 is 5.11 Å². The van der Waals surface area contributed by atoms with Gasteiger partial charge in [-0.1, -0.05) is 63.4 Å². The Morgan fingerprint density at radius 2 is 1.72 bits per heavy atom. The number of halogens is 3. The molecule has 0 saturated carbocycles. The van der Waals surface area contributed by atoms with Crippen LogP contribution in [-0.2, 0) is 6.54 Å². The molecule has 0 radical (unpaired) electrons. The summed E-state index contributed by atoms with van der Waals surface area (Å²) in [7, 11) is 0. The summed E-state index contributed by atoms with van der Waals surface area (Å²) >= 11 is 15.8. The van der Waals surface area contributed by atoms with Crippen LogP contribution in [0.3, 0.4) is 0 Å². The molecule has 0 aliphatic heterocycles. The van der Waals surface area contributed by atoms with Gasteiger partial charge in [-0.3, -0.25) is 4.79 Å². The first kappa shape index (κ1) is 18.2. The van der Waals surface area contributed by atoms with Crippen LogP contribution in [0.15, 0.2) is 70.2 Å². The van der Waals surface area contributed by atoms with Crippen LogP contribution in [-0.4, -0.2) is 9.67 Å². The molecule has 0 saturated heterocycles. The van der Waals surface area contributed by atoms with Gasteiger partial charge in [0.05, 0.1) is 0 Å². The predicted molar refractivity (Wildman–Crippen MR) is 104 cm³/mol. The minimum absolute atomic E-state index is 0.226. The van der Waals surface area contributed by atoms with Crippen molar-refractivity contribution in [2.45, 2.75) is 12.6 Å². The topological polar surface area (TPSA) is 42.2 Å². The molecule has 0 aliphatic rings. The number of hydrogen-bond donors (Lipinski definition) is 1. The fourth-order valence-electron chi connectivity index (χ4n) is 2.60. The molecular formula is C19H14BrCl2NO2. The van der Waals surface area contributed by atoms with Gasteiger partial charge in [-0.05, 0) is 23.8 Å². The number of pyridine rings is 1. The summed E-state index contributed by atoms with van der Waals surface area (Å²) < 4.78 is 2.81. The third kappa shape index (κ3) is 3.98. The van der Waals surface area contributed by atoms with E-state index in [4.69, 9.17) is 23.2 Å². The van der Waals surface area contributed by atoms with Crippen molar-refractivity contribution in [3.8, 4) is 0 Å². The Hall–Kier alpha value is -1.59. The lowest BCUT2D eigenvalue weighted by molar-refractivity contribution is 0.218. The van der Waals surface area contributed by atoms with E-state index in [0.717, 1.165) is 10.0 Å². The lowest BCUT2D eigenvalue weighted by Gasteiger charge is -2.16. The highest BCUT2D eigenvalue weighted by Crippen LogP contribution is 2.32. The highest BCUT2D eigenvalue weighted by atomic mass is 79.9. The van der Waals surface area contributed by atoms with E-state index in [1.165, 1.54) is 6.07 Å². The summed E-state index contributed by atoms with van der Waals surface area (Å²) in [6.45, 7) is 0.553. The molecular weight excluding hydrogens is 425 g/mol. The first-order chi connectivity index (χ1) is 12.0. The number of nitrogens with zero attached hydrogens (tertiary/aromatic N) is 1. The third-order valence-electron chi connectivity index (χ3n) is 3.89. The summed E-state index contributed by atoms with van der Waals surface area (Å²) in [6, 6.07) is 14.2. The highest BCUT2D eigenvalue weighted by Gasteiger charge is 2.20. The van der Waals surface area contributed by atoms with Crippen LogP contribution in [0.25, 0.3) is 0 Å². The molecule has 0 amide bonds. The van der Waals surface area contributed by atoms with Gasteiger partial charge in [0.2, 0.25) is 0 Å². The van der Waals surface area contributed by atoms with E-state index >= 15 is 0 Å². The number of aliphatic hydroxyl groups excluding tert-OH is 1. The molecule has 0 aliphatic carbocycles. The van der Waals surface area contributed by atoms with Crippen molar-refractivity contribution >= 4 is 39.1 Å². The van der Waals surface area contributed by atoms with Crippen molar-refractivity contribution in [2.75, 3.05) is 0 Å². The lowest BCUT2D eigenvalue weighted by atomic mass is 10.0. The Morgan fingerprint density at radius 3 is 2.40 bits per heavy atom. The van der Waals surface area contributed by atoms with Gasteiger partial charge in [0, 0.05) is 50.6 Å². The fourth-order valence-corrected chi connectivity index (χ4v) is 3.61. The highest BCUT2D eigenvalue weighted by molar-refractivity contribution is 9.10. The van der Waals surface area contributed by atoms with Crippen LogP contribution < -0.4 is 5.43 Å². The summed E-state index contributed by atoms with van der Waals surface area (Å²) in [4.78, 5) is 12.3. The van der Waals surface area contributed by atoms with E-state index in [-0.39, 0.29) is 11.0 Å². The molecule has 2 aromatic carbocycles. The SMILES string of the molecule is O=c1ccn(Cc2ccccc2Br)cc1C(O)c1c(Cl)cccc1Cl. The largest absolute Gasteiger partial charge is 0.383 e. The Labute approximate surface area is 163 Å². The second kappa shape index (κ2) is 7.75. The van der Waals surface area contributed by atoms with Crippen LogP contribution in [0.5, 0.6) is 0 Å². The summed E-state index contributed by atoms with van der Waals surface area (Å²) in [6.07, 6.45) is 2.12. The normalized spacial score (nSPS) is 12.2. The zero-order chi connectivity index (χ0) is 18.0. The van der Waals surface area contributed by atoms with Crippen molar-refractivity contribution in [3.63, 3.8) is 0 Å². The molecule has 3 aromatic rings. The van der Waals surface area contributed by atoms with Gasteiger partial charge in [0.1, 0.15) is 6.10 Å². The van der Waals surface area contributed by atoms with Crippen molar-refractivity contribution in [3.05, 3.63) is 102 Å². The molecule has 25 heavy (non-hydrogen) atoms. The maximum atomic E-state index is 12.3. The molecule has 128 valence electrons. The second-order valence-corrected chi connectivity index (χ2v) is 7.23. The number of benzene rings is 2. The third-order valence-corrected chi connectivity index (χ3v) is 5.32. The van der Waals surface area contributed by atoms with Crippen LogP contribution in [0.2, 0.25) is 10.0 Å². The fraction of sp³-hybridized carbons (Fsp3) is 0.105. The molecule has 1 unspecified atom stereocenters. The van der Waals surface area contributed by atoms with Crippen LogP contribution >= 0.6 is 39.1 Å².